The van der Waals surface area contributed by atoms with Gasteiger partial charge in [0.2, 0.25) is 0 Å². The fraction of sp³-hybridized carbons (Fsp3) is 0.0588. The smallest absolute Gasteiger partial charge is 0.134 e. The fourth-order valence-corrected chi connectivity index (χ4v) is 2.77. The van der Waals surface area contributed by atoms with E-state index in [4.69, 9.17) is 10.5 Å². The molecule has 0 bridgehead atoms. The average Bonchev–Trinajstić information content (AvgIpc) is 2.48. The van der Waals surface area contributed by atoms with Crippen molar-refractivity contribution in [3.05, 3.63) is 70.5 Å². The first kappa shape index (κ1) is 13.9. The second-order valence-electron chi connectivity index (χ2n) is 4.74. The Bertz CT molecular complexity index is 804. The maximum absolute atomic E-state index is 13.7. The predicted molar refractivity (Wildman–Crippen MR) is 86.8 cm³/mol. The van der Waals surface area contributed by atoms with E-state index in [0.29, 0.717) is 17.0 Å². The normalized spacial score (nSPS) is 10.8. The minimum absolute atomic E-state index is 0.156. The van der Waals surface area contributed by atoms with Crippen LogP contribution in [-0.2, 0) is 6.61 Å². The summed E-state index contributed by atoms with van der Waals surface area (Å²) in [5, 5.41) is 2.18. The van der Waals surface area contributed by atoms with Gasteiger partial charge in [-0.15, -0.1) is 0 Å². The van der Waals surface area contributed by atoms with E-state index in [1.807, 2.05) is 36.4 Å². The third kappa shape index (κ3) is 2.85. The van der Waals surface area contributed by atoms with Crippen LogP contribution in [0.4, 0.5) is 10.1 Å². The summed E-state index contributed by atoms with van der Waals surface area (Å²) in [4.78, 5) is 0. The maximum Gasteiger partial charge on any atom is 0.134 e. The Morgan fingerprint density at radius 2 is 1.86 bits per heavy atom. The van der Waals surface area contributed by atoms with Crippen molar-refractivity contribution in [2.75, 3.05) is 5.73 Å². The van der Waals surface area contributed by atoms with Crippen LogP contribution in [0.3, 0.4) is 0 Å². The van der Waals surface area contributed by atoms with Crippen molar-refractivity contribution in [1.82, 2.24) is 0 Å². The van der Waals surface area contributed by atoms with E-state index in [9.17, 15) is 4.39 Å². The standard InChI is InChI=1S/C17H13BrFNO/c18-17-14-4-2-1-3-11(14)6-8-16(17)21-10-12-5-7-13(20)9-15(12)19/h1-9H,10,20H2. The lowest BCUT2D eigenvalue weighted by Gasteiger charge is -2.11. The number of fused-ring (bicyclic) bond motifs is 1. The van der Waals surface area contributed by atoms with Gasteiger partial charge in [0.05, 0.1) is 4.47 Å². The number of hydrogen-bond acceptors (Lipinski definition) is 2. The summed E-state index contributed by atoms with van der Waals surface area (Å²) in [6.07, 6.45) is 0. The predicted octanol–water partition coefficient (Wildman–Crippen LogP) is 4.90. The van der Waals surface area contributed by atoms with Gasteiger partial charge in [-0.25, -0.2) is 4.39 Å². The quantitative estimate of drug-likeness (QED) is 0.685. The van der Waals surface area contributed by atoms with Gasteiger partial charge >= 0.3 is 0 Å². The molecule has 0 aliphatic rings. The fourth-order valence-electron chi connectivity index (χ4n) is 2.16. The lowest BCUT2D eigenvalue weighted by Crippen LogP contribution is -2.00. The van der Waals surface area contributed by atoms with Gasteiger partial charge in [-0.1, -0.05) is 36.4 Å². The van der Waals surface area contributed by atoms with E-state index >= 15 is 0 Å². The second-order valence-corrected chi connectivity index (χ2v) is 5.53. The molecule has 0 fully saturated rings. The van der Waals surface area contributed by atoms with Crippen LogP contribution < -0.4 is 10.5 Å². The molecule has 0 aromatic heterocycles. The van der Waals surface area contributed by atoms with E-state index in [-0.39, 0.29) is 12.4 Å². The highest BCUT2D eigenvalue weighted by atomic mass is 79.9. The molecule has 0 saturated heterocycles. The maximum atomic E-state index is 13.7. The molecule has 21 heavy (non-hydrogen) atoms. The molecule has 2 N–H and O–H groups in total. The Labute approximate surface area is 130 Å². The molecule has 0 aliphatic carbocycles. The first-order valence-electron chi connectivity index (χ1n) is 6.49. The Hall–Kier alpha value is -2.07. The molecule has 0 aliphatic heterocycles. The largest absolute Gasteiger partial charge is 0.488 e. The molecule has 0 amide bonds. The summed E-state index contributed by atoms with van der Waals surface area (Å²) < 4.78 is 20.3. The van der Waals surface area contributed by atoms with Gasteiger partial charge in [-0.2, -0.15) is 0 Å². The molecule has 4 heteroatoms. The van der Waals surface area contributed by atoms with Crippen LogP contribution in [0, 0.1) is 5.82 Å². The van der Waals surface area contributed by atoms with Gasteiger partial charge in [0.1, 0.15) is 18.2 Å². The van der Waals surface area contributed by atoms with Crippen molar-refractivity contribution < 1.29 is 9.13 Å². The number of benzene rings is 3. The summed E-state index contributed by atoms with van der Waals surface area (Å²) in [7, 11) is 0. The van der Waals surface area contributed by atoms with Gasteiger partial charge < -0.3 is 10.5 Å². The molecule has 0 heterocycles. The van der Waals surface area contributed by atoms with E-state index in [2.05, 4.69) is 15.9 Å². The zero-order valence-electron chi connectivity index (χ0n) is 11.1. The van der Waals surface area contributed by atoms with Gasteiger partial charge in [0.25, 0.3) is 0 Å². The number of halogens is 2. The number of anilines is 1. The molecule has 106 valence electrons. The van der Waals surface area contributed by atoms with Crippen molar-refractivity contribution in [3.63, 3.8) is 0 Å². The van der Waals surface area contributed by atoms with Gasteiger partial charge in [-0.05, 0) is 44.9 Å². The molecule has 0 spiro atoms. The van der Waals surface area contributed by atoms with Crippen molar-refractivity contribution in [2.24, 2.45) is 0 Å². The van der Waals surface area contributed by atoms with Crippen LogP contribution >= 0.6 is 15.9 Å². The van der Waals surface area contributed by atoms with Gasteiger partial charge in [0.15, 0.2) is 0 Å². The van der Waals surface area contributed by atoms with Crippen LogP contribution in [0.5, 0.6) is 5.75 Å². The highest BCUT2D eigenvalue weighted by Gasteiger charge is 2.08. The average molecular weight is 346 g/mol. The van der Waals surface area contributed by atoms with Crippen LogP contribution in [0.25, 0.3) is 10.8 Å². The SMILES string of the molecule is Nc1ccc(COc2ccc3ccccc3c2Br)c(F)c1. The molecule has 0 unspecified atom stereocenters. The highest BCUT2D eigenvalue weighted by molar-refractivity contribution is 9.10. The van der Waals surface area contributed by atoms with Gasteiger partial charge in [-0.3, -0.25) is 0 Å². The minimum Gasteiger partial charge on any atom is -0.488 e. The van der Waals surface area contributed by atoms with Crippen molar-refractivity contribution in [2.45, 2.75) is 6.61 Å². The summed E-state index contributed by atoms with van der Waals surface area (Å²) in [6, 6.07) is 16.5. The summed E-state index contributed by atoms with van der Waals surface area (Å²) in [5.74, 6) is 0.330. The Morgan fingerprint density at radius 3 is 2.67 bits per heavy atom. The topological polar surface area (TPSA) is 35.2 Å². The van der Waals surface area contributed by atoms with Gasteiger partial charge in [0, 0.05) is 11.3 Å². The number of nitrogen functional groups attached to an aromatic ring is 1. The summed E-state index contributed by atoms with van der Waals surface area (Å²) >= 11 is 3.55. The monoisotopic (exact) mass is 345 g/mol. The highest BCUT2D eigenvalue weighted by Crippen LogP contribution is 2.33. The number of hydrogen-bond donors (Lipinski definition) is 1. The van der Waals surface area contributed by atoms with E-state index in [0.717, 1.165) is 15.2 Å². The third-order valence-electron chi connectivity index (χ3n) is 3.29. The Morgan fingerprint density at radius 1 is 1.05 bits per heavy atom. The van der Waals surface area contributed by atoms with Crippen LogP contribution in [0.1, 0.15) is 5.56 Å². The number of rotatable bonds is 3. The molecular weight excluding hydrogens is 333 g/mol. The van der Waals surface area contributed by atoms with E-state index in [1.54, 1.807) is 12.1 Å². The molecule has 0 saturated carbocycles. The molecule has 0 atom stereocenters. The zero-order chi connectivity index (χ0) is 14.8. The first-order chi connectivity index (χ1) is 10.1. The molecule has 3 aromatic carbocycles. The second kappa shape index (κ2) is 5.74. The first-order valence-corrected chi connectivity index (χ1v) is 7.28. The molecule has 3 aromatic rings. The van der Waals surface area contributed by atoms with E-state index < -0.39 is 0 Å². The Balaban J connectivity index is 1.87. The zero-order valence-corrected chi connectivity index (χ0v) is 12.7. The van der Waals surface area contributed by atoms with Crippen molar-refractivity contribution >= 4 is 32.4 Å². The lowest BCUT2D eigenvalue weighted by molar-refractivity contribution is 0.298. The molecule has 2 nitrogen and oxygen atoms in total. The number of ether oxygens (including phenoxy) is 1. The summed E-state index contributed by atoms with van der Waals surface area (Å²) in [5.41, 5.74) is 6.41. The lowest BCUT2D eigenvalue weighted by atomic mass is 10.1. The molecule has 0 radical (unpaired) electrons. The third-order valence-corrected chi connectivity index (χ3v) is 4.11. The van der Waals surface area contributed by atoms with E-state index in [1.165, 1.54) is 6.07 Å². The van der Waals surface area contributed by atoms with Crippen LogP contribution in [-0.4, -0.2) is 0 Å². The van der Waals surface area contributed by atoms with Crippen LogP contribution in [0.15, 0.2) is 59.1 Å². The van der Waals surface area contributed by atoms with Crippen LogP contribution in [0.2, 0.25) is 0 Å². The summed E-state index contributed by atoms with van der Waals surface area (Å²) in [6.45, 7) is 0.156. The molecule has 3 rings (SSSR count). The Kier molecular flexibility index (Phi) is 3.80. The number of nitrogens with two attached hydrogens (primary N) is 1. The molecular formula is C17H13BrFNO. The van der Waals surface area contributed by atoms with Crippen molar-refractivity contribution in [3.8, 4) is 5.75 Å². The van der Waals surface area contributed by atoms with Crippen molar-refractivity contribution in [1.29, 1.82) is 0 Å². The minimum atomic E-state index is -0.355.